The van der Waals surface area contributed by atoms with Gasteiger partial charge in [-0.1, -0.05) is 6.92 Å². The van der Waals surface area contributed by atoms with Gasteiger partial charge in [-0.3, -0.25) is 4.68 Å². The van der Waals surface area contributed by atoms with Gasteiger partial charge in [-0.2, -0.15) is 5.10 Å². The van der Waals surface area contributed by atoms with Crippen molar-refractivity contribution in [3.05, 3.63) is 15.9 Å². The molecule has 6 heteroatoms. The fourth-order valence-electron chi connectivity index (χ4n) is 1.75. The maximum Gasteiger partial charge on any atom is 0.183 e. The Bertz CT molecular complexity index is 364. The first-order valence-electron chi connectivity index (χ1n) is 5.49. The Morgan fingerprint density at radius 1 is 1.41 bits per heavy atom. The lowest BCUT2D eigenvalue weighted by atomic mass is 10.1. The van der Waals surface area contributed by atoms with E-state index in [1.165, 1.54) is 14.2 Å². The zero-order valence-electron chi connectivity index (χ0n) is 10.6. The van der Waals surface area contributed by atoms with Crippen LogP contribution in [-0.2, 0) is 29.4 Å². The molecule has 0 aliphatic carbocycles. The molecular formula is C11H19BrN2O3. The second-order valence-corrected chi connectivity index (χ2v) is 4.59. The van der Waals surface area contributed by atoms with Crippen molar-refractivity contribution in [2.24, 2.45) is 7.05 Å². The third kappa shape index (κ3) is 3.28. The van der Waals surface area contributed by atoms with Crippen LogP contribution in [0.3, 0.4) is 0 Å². The standard InChI is InChI=1S/C11H19BrN2O3/c1-5-7-10(12)8(14(2)13-7)6-9(15)11(16-3)17-4/h9,11,15H,5-6H2,1-4H3. The summed E-state index contributed by atoms with van der Waals surface area (Å²) in [5.74, 6) is 0. The summed E-state index contributed by atoms with van der Waals surface area (Å²) in [5, 5.41) is 14.4. The van der Waals surface area contributed by atoms with Gasteiger partial charge >= 0.3 is 0 Å². The quantitative estimate of drug-likeness (QED) is 0.804. The molecule has 0 amide bonds. The Morgan fingerprint density at radius 2 is 2.00 bits per heavy atom. The van der Waals surface area contributed by atoms with E-state index in [0.29, 0.717) is 6.42 Å². The van der Waals surface area contributed by atoms with Crippen molar-refractivity contribution < 1.29 is 14.6 Å². The molecule has 17 heavy (non-hydrogen) atoms. The highest BCUT2D eigenvalue weighted by molar-refractivity contribution is 9.10. The third-order valence-corrected chi connectivity index (χ3v) is 3.60. The maximum atomic E-state index is 9.98. The van der Waals surface area contributed by atoms with E-state index in [-0.39, 0.29) is 0 Å². The van der Waals surface area contributed by atoms with Gasteiger partial charge in [-0.25, -0.2) is 0 Å². The Morgan fingerprint density at radius 3 is 2.41 bits per heavy atom. The number of aromatic nitrogens is 2. The molecule has 1 rings (SSSR count). The smallest absolute Gasteiger partial charge is 0.183 e. The molecule has 0 fully saturated rings. The van der Waals surface area contributed by atoms with Gasteiger partial charge in [0.05, 0.1) is 15.9 Å². The summed E-state index contributed by atoms with van der Waals surface area (Å²) < 4.78 is 12.8. The van der Waals surface area contributed by atoms with Crippen LogP contribution in [0.1, 0.15) is 18.3 Å². The number of aliphatic hydroxyl groups excluding tert-OH is 1. The van der Waals surface area contributed by atoms with Crippen molar-refractivity contribution in [1.29, 1.82) is 0 Å². The number of nitrogens with zero attached hydrogens (tertiary/aromatic N) is 2. The summed E-state index contributed by atoms with van der Waals surface area (Å²) in [6, 6.07) is 0. The first-order valence-corrected chi connectivity index (χ1v) is 6.28. The number of methoxy groups -OCH3 is 2. The first-order chi connectivity index (χ1) is 8.04. The Kier molecular flexibility index (Phi) is 5.58. The average molecular weight is 307 g/mol. The van der Waals surface area contributed by atoms with E-state index in [2.05, 4.69) is 21.0 Å². The van der Waals surface area contributed by atoms with Crippen LogP contribution in [0.5, 0.6) is 0 Å². The van der Waals surface area contributed by atoms with E-state index in [4.69, 9.17) is 9.47 Å². The van der Waals surface area contributed by atoms with Crippen LogP contribution in [0.15, 0.2) is 4.47 Å². The molecule has 98 valence electrons. The molecule has 0 bridgehead atoms. The van der Waals surface area contributed by atoms with E-state index in [9.17, 15) is 5.11 Å². The summed E-state index contributed by atoms with van der Waals surface area (Å²) in [6.45, 7) is 2.04. The zero-order valence-corrected chi connectivity index (χ0v) is 12.2. The summed E-state index contributed by atoms with van der Waals surface area (Å²) in [5.41, 5.74) is 1.93. The van der Waals surface area contributed by atoms with Crippen molar-refractivity contribution in [3.8, 4) is 0 Å². The zero-order chi connectivity index (χ0) is 13.0. The van der Waals surface area contributed by atoms with Crippen LogP contribution < -0.4 is 0 Å². The van der Waals surface area contributed by atoms with Crippen molar-refractivity contribution in [3.63, 3.8) is 0 Å². The second-order valence-electron chi connectivity index (χ2n) is 3.80. The van der Waals surface area contributed by atoms with E-state index < -0.39 is 12.4 Å². The Balaban J connectivity index is 2.84. The maximum absolute atomic E-state index is 9.98. The summed E-state index contributed by atoms with van der Waals surface area (Å²) >= 11 is 3.51. The van der Waals surface area contributed by atoms with Crippen molar-refractivity contribution in [1.82, 2.24) is 9.78 Å². The number of aryl methyl sites for hydroxylation is 2. The Hall–Kier alpha value is -0.430. The lowest BCUT2D eigenvalue weighted by Gasteiger charge is -2.20. The monoisotopic (exact) mass is 306 g/mol. The number of hydrogen-bond donors (Lipinski definition) is 1. The highest BCUT2D eigenvalue weighted by Gasteiger charge is 2.22. The molecule has 0 saturated carbocycles. The molecule has 1 N–H and O–H groups in total. The van der Waals surface area contributed by atoms with Gasteiger partial charge in [0.2, 0.25) is 0 Å². The molecule has 0 saturated heterocycles. The fourth-order valence-corrected chi connectivity index (χ4v) is 2.52. The van der Waals surface area contributed by atoms with Gasteiger partial charge in [0, 0.05) is 27.7 Å². The molecule has 0 aliphatic heterocycles. The molecule has 0 radical (unpaired) electrons. The number of ether oxygens (including phenoxy) is 2. The lowest BCUT2D eigenvalue weighted by Crippen LogP contribution is -2.32. The van der Waals surface area contributed by atoms with Crippen molar-refractivity contribution in [2.75, 3.05) is 14.2 Å². The van der Waals surface area contributed by atoms with Crippen LogP contribution in [0.25, 0.3) is 0 Å². The van der Waals surface area contributed by atoms with Crippen molar-refractivity contribution >= 4 is 15.9 Å². The molecule has 0 spiro atoms. The summed E-state index contributed by atoms with van der Waals surface area (Å²) in [6.07, 6.45) is -0.0675. The SMILES string of the molecule is CCc1nn(C)c(CC(O)C(OC)OC)c1Br. The molecule has 5 nitrogen and oxygen atoms in total. The Labute approximate surface area is 110 Å². The highest BCUT2D eigenvalue weighted by atomic mass is 79.9. The summed E-state index contributed by atoms with van der Waals surface area (Å²) in [7, 11) is 4.88. The topological polar surface area (TPSA) is 56.5 Å². The summed E-state index contributed by atoms with van der Waals surface area (Å²) in [4.78, 5) is 0. The van der Waals surface area contributed by atoms with Gasteiger partial charge in [0.15, 0.2) is 6.29 Å². The molecular weight excluding hydrogens is 288 g/mol. The highest BCUT2D eigenvalue weighted by Crippen LogP contribution is 2.23. The van der Waals surface area contributed by atoms with Crippen LogP contribution in [-0.4, -0.2) is 41.5 Å². The van der Waals surface area contributed by atoms with Gasteiger partial charge in [0.1, 0.15) is 6.10 Å². The average Bonchev–Trinajstić information content (AvgIpc) is 2.58. The molecule has 1 atom stereocenters. The van der Waals surface area contributed by atoms with Gasteiger partial charge in [0.25, 0.3) is 0 Å². The lowest BCUT2D eigenvalue weighted by molar-refractivity contribution is -0.163. The number of hydrogen-bond acceptors (Lipinski definition) is 4. The second kappa shape index (κ2) is 6.49. The molecule has 0 aromatic carbocycles. The van der Waals surface area contributed by atoms with E-state index in [1.54, 1.807) is 4.68 Å². The number of aliphatic hydroxyl groups is 1. The number of halogens is 1. The molecule has 1 aromatic heterocycles. The van der Waals surface area contributed by atoms with Gasteiger partial charge in [-0.05, 0) is 22.4 Å². The van der Waals surface area contributed by atoms with Crippen molar-refractivity contribution in [2.45, 2.75) is 32.2 Å². The predicted molar refractivity (Wildman–Crippen MR) is 67.8 cm³/mol. The van der Waals surface area contributed by atoms with Crippen LogP contribution in [0.2, 0.25) is 0 Å². The van der Waals surface area contributed by atoms with Gasteiger partial charge < -0.3 is 14.6 Å². The minimum Gasteiger partial charge on any atom is -0.387 e. The predicted octanol–water partition coefficient (Wildman–Crippen LogP) is 1.27. The molecule has 1 aromatic rings. The van der Waals surface area contributed by atoms with E-state index in [0.717, 1.165) is 22.3 Å². The molecule has 1 heterocycles. The molecule has 0 aliphatic rings. The van der Waals surface area contributed by atoms with E-state index >= 15 is 0 Å². The fraction of sp³-hybridized carbons (Fsp3) is 0.727. The largest absolute Gasteiger partial charge is 0.387 e. The minimum atomic E-state index is -0.721. The van der Waals surface area contributed by atoms with Gasteiger partial charge in [-0.15, -0.1) is 0 Å². The first kappa shape index (κ1) is 14.6. The van der Waals surface area contributed by atoms with Crippen LogP contribution in [0.4, 0.5) is 0 Å². The third-order valence-electron chi connectivity index (χ3n) is 2.68. The normalized spacial score (nSPS) is 13.4. The van der Waals surface area contributed by atoms with E-state index in [1.807, 2.05) is 14.0 Å². The van der Waals surface area contributed by atoms with Crippen LogP contribution >= 0.6 is 15.9 Å². The van der Waals surface area contributed by atoms with Crippen LogP contribution in [0, 0.1) is 0 Å². The minimum absolute atomic E-state index is 0.427. The molecule has 1 unspecified atom stereocenters. The number of rotatable bonds is 6.